The summed E-state index contributed by atoms with van der Waals surface area (Å²) in [5.74, 6) is -0.952. The molecule has 3 rings (SSSR count). The summed E-state index contributed by atoms with van der Waals surface area (Å²) in [4.78, 5) is 35.7. The van der Waals surface area contributed by atoms with E-state index in [-0.39, 0.29) is 5.70 Å². The second-order valence-electron chi connectivity index (χ2n) is 6.45. The lowest BCUT2D eigenvalue weighted by Crippen LogP contribution is -2.35. The zero-order valence-electron chi connectivity index (χ0n) is 16.4. The van der Waals surface area contributed by atoms with Gasteiger partial charge >= 0.3 is 12.0 Å². The molecule has 8 nitrogen and oxygen atoms in total. The van der Waals surface area contributed by atoms with Crippen molar-refractivity contribution >= 4 is 58.2 Å². The van der Waals surface area contributed by atoms with Crippen molar-refractivity contribution in [2.75, 3.05) is 13.2 Å². The largest absolute Gasteiger partial charge is 0.490 e. The first-order valence-corrected chi connectivity index (χ1v) is 10.6. The van der Waals surface area contributed by atoms with E-state index in [0.717, 1.165) is 9.13 Å². The molecule has 2 aromatic rings. The SMILES string of the molecule is CCOc1cc(/C=C2/NC(=O)N(CC(=O)O)C2=O)cc(I)c1OCc1ccc(Cl)cc1. The van der Waals surface area contributed by atoms with Gasteiger partial charge in [0, 0.05) is 5.02 Å². The first-order chi connectivity index (χ1) is 14.8. The van der Waals surface area contributed by atoms with Crippen LogP contribution in [-0.4, -0.2) is 41.1 Å². The first kappa shape index (κ1) is 22.9. The quantitative estimate of drug-likeness (QED) is 0.290. The van der Waals surface area contributed by atoms with Crippen LogP contribution in [0.1, 0.15) is 18.1 Å². The molecule has 0 spiro atoms. The number of carboxylic acid groups (broad SMARTS) is 1. The number of carboxylic acids is 1. The number of nitrogens with one attached hydrogen (secondary N) is 1. The van der Waals surface area contributed by atoms with Crippen LogP contribution in [-0.2, 0) is 16.2 Å². The number of amides is 3. The summed E-state index contributed by atoms with van der Waals surface area (Å²) in [6.07, 6.45) is 1.47. The third kappa shape index (κ3) is 5.67. The zero-order valence-corrected chi connectivity index (χ0v) is 19.3. The maximum atomic E-state index is 12.3. The summed E-state index contributed by atoms with van der Waals surface area (Å²) in [7, 11) is 0. The Kier molecular flexibility index (Phi) is 7.39. The highest BCUT2D eigenvalue weighted by atomic mass is 127. The Labute approximate surface area is 196 Å². The van der Waals surface area contributed by atoms with Gasteiger partial charge in [0.1, 0.15) is 18.8 Å². The van der Waals surface area contributed by atoms with Crippen molar-refractivity contribution in [2.24, 2.45) is 0 Å². The van der Waals surface area contributed by atoms with Crippen LogP contribution < -0.4 is 14.8 Å². The van der Waals surface area contributed by atoms with Gasteiger partial charge in [-0.25, -0.2) is 9.69 Å². The molecule has 31 heavy (non-hydrogen) atoms. The molecule has 1 heterocycles. The summed E-state index contributed by atoms with van der Waals surface area (Å²) in [5, 5.41) is 11.9. The summed E-state index contributed by atoms with van der Waals surface area (Å²) in [5.41, 5.74) is 1.51. The number of hydrogen-bond donors (Lipinski definition) is 2. The molecule has 1 saturated heterocycles. The summed E-state index contributed by atoms with van der Waals surface area (Å²) < 4.78 is 12.4. The predicted molar refractivity (Wildman–Crippen MR) is 122 cm³/mol. The number of aliphatic carboxylic acids is 1. The summed E-state index contributed by atoms with van der Waals surface area (Å²) in [6.45, 7) is 1.84. The Balaban J connectivity index is 1.85. The number of urea groups is 1. The van der Waals surface area contributed by atoms with Gasteiger partial charge in [0.2, 0.25) is 0 Å². The topological polar surface area (TPSA) is 105 Å². The molecular weight excluding hydrogens is 539 g/mol. The molecule has 0 saturated carbocycles. The molecule has 0 bridgehead atoms. The number of carbonyl (C=O) groups is 3. The van der Waals surface area contributed by atoms with Crippen molar-refractivity contribution in [1.29, 1.82) is 0 Å². The highest BCUT2D eigenvalue weighted by Crippen LogP contribution is 2.35. The van der Waals surface area contributed by atoms with E-state index in [9.17, 15) is 14.4 Å². The number of nitrogens with zero attached hydrogens (tertiary/aromatic N) is 1. The van der Waals surface area contributed by atoms with Crippen molar-refractivity contribution in [2.45, 2.75) is 13.5 Å². The van der Waals surface area contributed by atoms with E-state index in [0.29, 0.717) is 40.2 Å². The molecule has 3 amide bonds. The third-order valence-corrected chi connectivity index (χ3v) is 5.25. The number of imide groups is 1. The smallest absolute Gasteiger partial charge is 0.329 e. The van der Waals surface area contributed by atoms with Gasteiger partial charge in [0.15, 0.2) is 11.5 Å². The van der Waals surface area contributed by atoms with Gasteiger partial charge in [-0.05, 0) is 71.0 Å². The minimum atomic E-state index is -1.28. The van der Waals surface area contributed by atoms with Gasteiger partial charge in [-0.2, -0.15) is 0 Å². The molecule has 1 fully saturated rings. The fourth-order valence-corrected chi connectivity index (χ4v) is 3.73. The average molecular weight is 557 g/mol. The van der Waals surface area contributed by atoms with E-state index in [1.54, 1.807) is 24.3 Å². The Morgan fingerprint density at radius 1 is 1.23 bits per heavy atom. The van der Waals surface area contributed by atoms with Crippen LogP contribution >= 0.6 is 34.2 Å². The van der Waals surface area contributed by atoms with E-state index in [1.807, 2.05) is 19.1 Å². The number of halogens is 2. The lowest BCUT2D eigenvalue weighted by Gasteiger charge is -2.15. The molecule has 162 valence electrons. The van der Waals surface area contributed by atoms with Crippen LogP contribution in [0.15, 0.2) is 42.1 Å². The monoisotopic (exact) mass is 556 g/mol. The summed E-state index contributed by atoms with van der Waals surface area (Å²) in [6, 6.07) is 9.98. The van der Waals surface area contributed by atoms with Crippen molar-refractivity contribution in [3.63, 3.8) is 0 Å². The van der Waals surface area contributed by atoms with Gasteiger partial charge in [-0.15, -0.1) is 0 Å². The van der Waals surface area contributed by atoms with E-state index in [4.69, 9.17) is 26.2 Å². The number of ether oxygens (including phenoxy) is 2. The van der Waals surface area contributed by atoms with Crippen molar-refractivity contribution in [3.05, 3.63) is 61.8 Å². The van der Waals surface area contributed by atoms with Crippen molar-refractivity contribution in [3.8, 4) is 11.5 Å². The Hall–Kier alpha value is -2.79. The Morgan fingerprint density at radius 2 is 1.94 bits per heavy atom. The maximum Gasteiger partial charge on any atom is 0.329 e. The van der Waals surface area contributed by atoms with E-state index in [1.165, 1.54) is 6.08 Å². The molecular formula is C21H18ClIN2O6. The number of hydrogen-bond acceptors (Lipinski definition) is 5. The molecule has 0 aromatic heterocycles. The molecule has 2 N–H and O–H groups in total. The van der Waals surface area contributed by atoms with E-state index in [2.05, 4.69) is 27.9 Å². The van der Waals surface area contributed by atoms with E-state index >= 15 is 0 Å². The average Bonchev–Trinajstić information content (AvgIpc) is 2.96. The van der Waals surface area contributed by atoms with Gasteiger partial charge in [0.05, 0.1) is 10.2 Å². The lowest BCUT2D eigenvalue weighted by molar-refractivity contribution is -0.140. The van der Waals surface area contributed by atoms with Crippen LogP contribution in [0, 0.1) is 3.57 Å². The molecule has 0 aliphatic carbocycles. The minimum absolute atomic E-state index is 0.0145. The minimum Gasteiger partial charge on any atom is -0.490 e. The normalized spacial score (nSPS) is 14.7. The molecule has 1 aliphatic heterocycles. The predicted octanol–water partition coefficient (Wildman–Crippen LogP) is 3.90. The Morgan fingerprint density at radius 3 is 2.58 bits per heavy atom. The van der Waals surface area contributed by atoms with Gasteiger partial charge in [0.25, 0.3) is 5.91 Å². The molecule has 1 aliphatic rings. The van der Waals surface area contributed by atoms with Crippen LogP contribution in [0.4, 0.5) is 4.79 Å². The molecule has 2 aromatic carbocycles. The van der Waals surface area contributed by atoms with Crippen LogP contribution in [0.25, 0.3) is 6.08 Å². The van der Waals surface area contributed by atoms with Crippen molar-refractivity contribution in [1.82, 2.24) is 10.2 Å². The van der Waals surface area contributed by atoms with Gasteiger partial charge in [-0.3, -0.25) is 9.59 Å². The second-order valence-corrected chi connectivity index (χ2v) is 8.05. The second kappa shape index (κ2) is 10.0. The highest BCUT2D eigenvalue weighted by molar-refractivity contribution is 14.1. The third-order valence-electron chi connectivity index (χ3n) is 4.19. The van der Waals surface area contributed by atoms with E-state index < -0.39 is 24.5 Å². The number of benzene rings is 2. The molecule has 0 radical (unpaired) electrons. The van der Waals surface area contributed by atoms with Gasteiger partial charge in [-0.1, -0.05) is 23.7 Å². The van der Waals surface area contributed by atoms with Gasteiger partial charge < -0.3 is 19.9 Å². The fraction of sp³-hybridized carbons (Fsp3) is 0.190. The molecule has 0 unspecified atom stereocenters. The zero-order chi connectivity index (χ0) is 22.5. The Bertz CT molecular complexity index is 1050. The van der Waals surface area contributed by atoms with Crippen LogP contribution in [0.2, 0.25) is 5.02 Å². The van der Waals surface area contributed by atoms with Crippen molar-refractivity contribution < 1.29 is 29.0 Å². The highest BCUT2D eigenvalue weighted by Gasteiger charge is 2.34. The fourth-order valence-electron chi connectivity index (χ4n) is 2.83. The standard InChI is InChI=1S/C21H18ClIN2O6/c1-2-30-17-9-13(8-16-20(28)25(10-18(26)27)21(29)24-16)7-15(23)19(17)31-11-12-3-5-14(22)6-4-12/h3-9H,2,10-11H2,1H3,(H,24,29)(H,26,27)/b16-8+. The lowest BCUT2D eigenvalue weighted by atomic mass is 10.1. The summed E-state index contributed by atoms with van der Waals surface area (Å²) >= 11 is 8.01. The maximum absolute atomic E-state index is 12.3. The molecule has 10 heteroatoms. The number of rotatable bonds is 8. The number of carbonyl (C=O) groups excluding carboxylic acids is 2. The van der Waals surface area contributed by atoms with Crippen LogP contribution in [0.5, 0.6) is 11.5 Å². The van der Waals surface area contributed by atoms with Crippen LogP contribution in [0.3, 0.4) is 0 Å². The molecule has 0 atom stereocenters. The first-order valence-electron chi connectivity index (χ1n) is 9.18.